The van der Waals surface area contributed by atoms with Crippen molar-refractivity contribution in [1.29, 1.82) is 5.26 Å². The maximum Gasteiger partial charge on any atom is 0.101 e. The summed E-state index contributed by atoms with van der Waals surface area (Å²) >= 11 is 0. The van der Waals surface area contributed by atoms with E-state index < -0.39 is 0 Å². The molecule has 0 N–H and O–H groups in total. The Morgan fingerprint density at radius 1 is 1.39 bits per heavy atom. The molecule has 2 rings (SSSR count). The van der Waals surface area contributed by atoms with Gasteiger partial charge in [0.05, 0.1) is 11.3 Å². The normalized spacial score (nSPS) is 14.6. The van der Waals surface area contributed by atoms with E-state index in [2.05, 4.69) is 37.8 Å². The quantitative estimate of drug-likeness (QED) is 0.783. The summed E-state index contributed by atoms with van der Waals surface area (Å²) in [6, 6.07) is 9.04. The van der Waals surface area contributed by atoms with Crippen molar-refractivity contribution in [2.24, 2.45) is 5.92 Å². The molecule has 0 spiro atoms. The molecule has 0 heterocycles. The highest BCUT2D eigenvalue weighted by Gasteiger charge is 2.31. The smallest absolute Gasteiger partial charge is 0.101 e. The van der Waals surface area contributed by atoms with E-state index in [0.29, 0.717) is 12.0 Å². The third-order valence-electron chi connectivity index (χ3n) is 3.58. The molecule has 1 aromatic carbocycles. The lowest BCUT2D eigenvalue weighted by molar-refractivity contribution is 0.570. The van der Waals surface area contributed by atoms with Gasteiger partial charge in [0.1, 0.15) is 6.07 Å². The van der Waals surface area contributed by atoms with Crippen LogP contribution >= 0.6 is 0 Å². The largest absolute Gasteiger partial charge is 0.367 e. The minimum atomic E-state index is 0.664. The van der Waals surface area contributed by atoms with E-state index in [1.165, 1.54) is 30.5 Å². The van der Waals surface area contributed by atoms with Crippen LogP contribution < -0.4 is 4.90 Å². The zero-order valence-electron chi connectivity index (χ0n) is 11.6. The Bertz CT molecular complexity index is 453. The van der Waals surface area contributed by atoms with Crippen molar-refractivity contribution in [2.45, 2.75) is 46.1 Å². The molecule has 1 fully saturated rings. The number of anilines is 1. The topological polar surface area (TPSA) is 27.0 Å². The monoisotopic (exact) mass is 242 g/mol. The molecule has 0 unspecified atom stereocenters. The van der Waals surface area contributed by atoms with Crippen molar-refractivity contribution in [1.82, 2.24) is 0 Å². The Morgan fingerprint density at radius 3 is 2.67 bits per heavy atom. The van der Waals surface area contributed by atoms with Gasteiger partial charge in [-0.15, -0.1) is 0 Å². The molecule has 0 aromatic heterocycles. The first-order valence-electron chi connectivity index (χ1n) is 6.90. The summed E-state index contributed by atoms with van der Waals surface area (Å²) in [6.07, 6.45) is 3.74. The molecule has 96 valence electrons. The molecule has 0 amide bonds. The zero-order valence-corrected chi connectivity index (χ0v) is 11.6. The minimum Gasteiger partial charge on any atom is -0.367 e. The van der Waals surface area contributed by atoms with E-state index in [4.69, 9.17) is 0 Å². The summed E-state index contributed by atoms with van der Waals surface area (Å²) in [6.45, 7) is 7.70. The molecule has 18 heavy (non-hydrogen) atoms. The van der Waals surface area contributed by atoms with Gasteiger partial charge < -0.3 is 4.90 Å². The van der Waals surface area contributed by atoms with Gasteiger partial charge in [-0.2, -0.15) is 5.26 Å². The van der Waals surface area contributed by atoms with Crippen LogP contribution in [0.4, 0.5) is 5.69 Å². The van der Waals surface area contributed by atoms with Crippen molar-refractivity contribution in [3.8, 4) is 6.07 Å². The molecule has 1 aliphatic carbocycles. The van der Waals surface area contributed by atoms with Crippen LogP contribution in [0.3, 0.4) is 0 Å². The summed E-state index contributed by atoms with van der Waals surface area (Å²) in [4.78, 5) is 2.47. The molecular formula is C16H22N2. The first-order valence-corrected chi connectivity index (χ1v) is 6.90. The lowest BCUT2D eigenvalue weighted by atomic mass is 10.1. The third kappa shape index (κ3) is 2.85. The van der Waals surface area contributed by atoms with Crippen LogP contribution in [-0.2, 0) is 0 Å². The summed E-state index contributed by atoms with van der Waals surface area (Å²) in [5.41, 5.74) is 3.22. The number of aryl methyl sites for hydroxylation is 1. The van der Waals surface area contributed by atoms with Crippen LogP contribution in [0.1, 0.15) is 44.2 Å². The van der Waals surface area contributed by atoms with Crippen LogP contribution in [0.25, 0.3) is 0 Å². The first kappa shape index (κ1) is 13.0. The van der Waals surface area contributed by atoms with Gasteiger partial charge >= 0.3 is 0 Å². The summed E-state index contributed by atoms with van der Waals surface area (Å²) in [5, 5.41) is 9.29. The fourth-order valence-electron chi connectivity index (χ4n) is 2.39. The summed E-state index contributed by atoms with van der Waals surface area (Å²) in [5.74, 6) is 0.709. The molecule has 0 saturated heterocycles. The maximum atomic E-state index is 9.29. The highest BCUT2D eigenvalue weighted by molar-refractivity contribution is 5.65. The third-order valence-corrected chi connectivity index (χ3v) is 3.58. The SMILES string of the molecule is Cc1cccc(C#N)c1N(CCC(C)C)C1CC1. The lowest BCUT2D eigenvalue weighted by Crippen LogP contribution is -2.29. The molecule has 0 aliphatic heterocycles. The maximum absolute atomic E-state index is 9.29. The number of nitriles is 1. The second kappa shape index (κ2) is 5.44. The number of nitrogens with zero attached hydrogens (tertiary/aromatic N) is 2. The van der Waals surface area contributed by atoms with Gasteiger partial charge in [-0.25, -0.2) is 0 Å². The van der Waals surface area contributed by atoms with E-state index in [0.717, 1.165) is 12.1 Å². The van der Waals surface area contributed by atoms with Crippen molar-refractivity contribution < 1.29 is 0 Å². The van der Waals surface area contributed by atoms with Crippen molar-refractivity contribution in [3.63, 3.8) is 0 Å². The van der Waals surface area contributed by atoms with Crippen molar-refractivity contribution in [2.75, 3.05) is 11.4 Å². The van der Waals surface area contributed by atoms with Gasteiger partial charge in [-0.1, -0.05) is 26.0 Å². The lowest BCUT2D eigenvalue weighted by Gasteiger charge is -2.28. The van der Waals surface area contributed by atoms with E-state index in [-0.39, 0.29) is 0 Å². The molecule has 1 aromatic rings. The van der Waals surface area contributed by atoms with E-state index in [9.17, 15) is 5.26 Å². The number of rotatable bonds is 5. The van der Waals surface area contributed by atoms with Crippen LogP contribution in [0.2, 0.25) is 0 Å². The Kier molecular flexibility index (Phi) is 3.91. The number of hydrogen-bond donors (Lipinski definition) is 0. The van der Waals surface area contributed by atoms with E-state index in [1.54, 1.807) is 0 Å². The number of benzene rings is 1. The van der Waals surface area contributed by atoms with Crippen LogP contribution in [0.15, 0.2) is 18.2 Å². The molecule has 1 saturated carbocycles. The Hall–Kier alpha value is -1.49. The molecule has 2 heteroatoms. The molecular weight excluding hydrogens is 220 g/mol. The standard InChI is InChI=1S/C16H22N2/c1-12(2)9-10-18(15-7-8-15)16-13(3)5-4-6-14(16)11-17/h4-6,12,15H,7-10H2,1-3H3. The van der Waals surface area contributed by atoms with Gasteiger partial charge in [0, 0.05) is 12.6 Å². The average Bonchev–Trinajstić information content (AvgIpc) is 3.15. The van der Waals surface area contributed by atoms with E-state index >= 15 is 0 Å². The zero-order chi connectivity index (χ0) is 13.1. The predicted molar refractivity (Wildman–Crippen MR) is 75.7 cm³/mol. The fourth-order valence-corrected chi connectivity index (χ4v) is 2.39. The summed E-state index contributed by atoms with van der Waals surface area (Å²) < 4.78 is 0. The second-order valence-electron chi connectivity index (χ2n) is 5.69. The van der Waals surface area contributed by atoms with E-state index in [1.807, 2.05) is 12.1 Å². The Morgan fingerprint density at radius 2 is 2.11 bits per heavy atom. The van der Waals surface area contributed by atoms with Gasteiger partial charge in [0.25, 0.3) is 0 Å². The van der Waals surface area contributed by atoms with Crippen LogP contribution in [0, 0.1) is 24.2 Å². The highest BCUT2D eigenvalue weighted by atomic mass is 15.2. The molecule has 2 nitrogen and oxygen atoms in total. The Labute approximate surface area is 110 Å². The summed E-state index contributed by atoms with van der Waals surface area (Å²) in [7, 11) is 0. The second-order valence-corrected chi connectivity index (χ2v) is 5.69. The average molecular weight is 242 g/mol. The van der Waals surface area contributed by atoms with Gasteiger partial charge in [0.2, 0.25) is 0 Å². The number of para-hydroxylation sites is 1. The first-order chi connectivity index (χ1) is 8.63. The molecule has 1 aliphatic rings. The van der Waals surface area contributed by atoms with Gasteiger partial charge in [-0.3, -0.25) is 0 Å². The highest BCUT2D eigenvalue weighted by Crippen LogP contribution is 2.35. The van der Waals surface area contributed by atoms with Crippen LogP contribution in [0.5, 0.6) is 0 Å². The minimum absolute atomic E-state index is 0.664. The molecule has 0 atom stereocenters. The van der Waals surface area contributed by atoms with Crippen molar-refractivity contribution >= 4 is 5.69 Å². The van der Waals surface area contributed by atoms with Gasteiger partial charge in [0.15, 0.2) is 0 Å². The molecule has 0 radical (unpaired) electrons. The van der Waals surface area contributed by atoms with Gasteiger partial charge in [-0.05, 0) is 43.7 Å². The van der Waals surface area contributed by atoms with Crippen LogP contribution in [-0.4, -0.2) is 12.6 Å². The fraction of sp³-hybridized carbons (Fsp3) is 0.562. The Balaban J connectivity index is 2.28. The number of hydrogen-bond acceptors (Lipinski definition) is 2. The van der Waals surface area contributed by atoms with Crippen molar-refractivity contribution in [3.05, 3.63) is 29.3 Å². The predicted octanol–water partition coefficient (Wildman–Crippen LogP) is 3.88. The molecule has 0 bridgehead atoms.